The van der Waals surface area contributed by atoms with Crippen molar-refractivity contribution < 1.29 is 22.2 Å². The van der Waals surface area contributed by atoms with Gasteiger partial charge in [0.05, 0.1) is 16.6 Å². The van der Waals surface area contributed by atoms with Crippen LogP contribution in [0, 0.1) is 6.92 Å². The van der Waals surface area contributed by atoms with E-state index in [9.17, 15) is 18.0 Å². The van der Waals surface area contributed by atoms with Gasteiger partial charge in [-0.1, -0.05) is 5.16 Å². The lowest BCUT2D eigenvalue weighted by atomic mass is 10.2. The maximum Gasteiger partial charge on any atom is 0.419 e. The van der Waals surface area contributed by atoms with Gasteiger partial charge in [-0.05, 0) is 43.3 Å². The minimum atomic E-state index is -3.91. The zero-order valence-electron chi connectivity index (χ0n) is 15.9. The molecule has 0 fully saturated rings. The highest BCUT2D eigenvalue weighted by atomic mass is 32.2. The normalized spacial score (nSPS) is 11.5. The van der Waals surface area contributed by atoms with Crippen LogP contribution in [0.4, 0.5) is 11.4 Å². The first-order chi connectivity index (χ1) is 14.2. The van der Waals surface area contributed by atoms with Crippen molar-refractivity contribution in [2.45, 2.75) is 11.8 Å². The van der Waals surface area contributed by atoms with Gasteiger partial charge in [-0.15, -0.1) is 0 Å². The Kier molecular flexibility index (Phi) is 4.66. The number of aromatic nitrogens is 2. The summed E-state index contributed by atoms with van der Waals surface area (Å²) in [6.07, 6.45) is 1.32. The van der Waals surface area contributed by atoms with Crippen LogP contribution in [0.2, 0.25) is 0 Å². The molecule has 2 heterocycles. The Bertz CT molecular complexity index is 1410. The summed E-state index contributed by atoms with van der Waals surface area (Å²) in [5.74, 6) is -0.575. The summed E-state index contributed by atoms with van der Waals surface area (Å²) in [7, 11) is -2.38. The number of nitrogens with one attached hydrogen (secondary N) is 2. The van der Waals surface area contributed by atoms with Crippen LogP contribution < -0.4 is 15.8 Å². The molecule has 0 saturated carbocycles. The quantitative estimate of drug-likeness (QED) is 0.498. The predicted octanol–water partition coefficient (Wildman–Crippen LogP) is 2.48. The SMILES string of the molecule is Cc1oncc1C(=O)Nc1ccc(NS(=O)(=O)c2ccc3c(c2)oc(=O)n3C)cc1. The number of benzene rings is 2. The minimum Gasteiger partial charge on any atom is -0.408 e. The number of aryl methyl sites for hydroxylation is 2. The first-order valence-corrected chi connectivity index (χ1v) is 10.2. The van der Waals surface area contributed by atoms with Crippen LogP contribution in [-0.2, 0) is 17.1 Å². The number of carbonyl (C=O) groups excluding carboxylic acids is 1. The average Bonchev–Trinajstić information content (AvgIpc) is 3.26. The fourth-order valence-corrected chi connectivity index (χ4v) is 3.91. The lowest BCUT2D eigenvalue weighted by molar-refractivity contribution is 0.102. The van der Waals surface area contributed by atoms with Crippen LogP contribution in [-0.4, -0.2) is 24.0 Å². The van der Waals surface area contributed by atoms with Crippen molar-refractivity contribution in [2.24, 2.45) is 7.05 Å². The summed E-state index contributed by atoms with van der Waals surface area (Å²) in [6, 6.07) is 10.3. The molecule has 0 aliphatic rings. The van der Waals surface area contributed by atoms with Crippen LogP contribution in [0.25, 0.3) is 11.1 Å². The number of hydrogen-bond acceptors (Lipinski definition) is 7. The standard InChI is InChI=1S/C19H16N4O6S/c1-11-15(10-20-29-11)18(24)21-12-3-5-13(6-4-12)22-30(26,27)14-7-8-16-17(9-14)28-19(25)23(16)2/h3-10,22H,1-2H3,(H,21,24). The maximum atomic E-state index is 12.7. The summed E-state index contributed by atoms with van der Waals surface area (Å²) in [6.45, 7) is 1.62. The molecule has 0 aliphatic carbocycles. The molecular formula is C19H16N4O6S. The lowest BCUT2D eigenvalue weighted by Crippen LogP contribution is -2.14. The maximum absolute atomic E-state index is 12.7. The van der Waals surface area contributed by atoms with Gasteiger partial charge in [-0.3, -0.25) is 14.1 Å². The molecule has 0 bridgehead atoms. The molecule has 154 valence electrons. The molecule has 0 aliphatic heterocycles. The highest BCUT2D eigenvalue weighted by Crippen LogP contribution is 2.22. The van der Waals surface area contributed by atoms with Gasteiger partial charge in [-0.25, -0.2) is 13.2 Å². The highest BCUT2D eigenvalue weighted by molar-refractivity contribution is 7.92. The van der Waals surface area contributed by atoms with E-state index in [-0.39, 0.29) is 16.4 Å². The van der Waals surface area contributed by atoms with E-state index >= 15 is 0 Å². The van der Waals surface area contributed by atoms with Crippen LogP contribution in [0.1, 0.15) is 16.1 Å². The molecule has 2 aromatic carbocycles. The van der Waals surface area contributed by atoms with E-state index in [2.05, 4.69) is 15.2 Å². The van der Waals surface area contributed by atoms with Gasteiger partial charge in [0.15, 0.2) is 5.58 Å². The van der Waals surface area contributed by atoms with E-state index in [1.54, 1.807) is 19.1 Å². The van der Waals surface area contributed by atoms with E-state index in [0.29, 0.717) is 28.2 Å². The first-order valence-electron chi connectivity index (χ1n) is 8.70. The Morgan fingerprint density at radius 3 is 2.47 bits per heavy atom. The van der Waals surface area contributed by atoms with Crippen molar-refractivity contribution in [2.75, 3.05) is 10.0 Å². The second kappa shape index (κ2) is 7.19. The van der Waals surface area contributed by atoms with Gasteiger partial charge >= 0.3 is 5.76 Å². The fraction of sp³-hybridized carbons (Fsp3) is 0.105. The Morgan fingerprint density at radius 2 is 1.80 bits per heavy atom. The van der Waals surface area contributed by atoms with E-state index in [1.165, 1.54) is 48.1 Å². The van der Waals surface area contributed by atoms with Gasteiger partial charge in [0.2, 0.25) is 0 Å². The number of amides is 1. The third kappa shape index (κ3) is 3.57. The molecule has 4 aromatic rings. The molecule has 10 nitrogen and oxygen atoms in total. The molecule has 11 heteroatoms. The van der Waals surface area contributed by atoms with E-state index in [0.717, 1.165) is 0 Å². The van der Waals surface area contributed by atoms with Gasteiger partial charge in [-0.2, -0.15) is 0 Å². The van der Waals surface area contributed by atoms with Gasteiger partial charge in [0.25, 0.3) is 15.9 Å². The molecule has 0 spiro atoms. The van der Waals surface area contributed by atoms with Gasteiger partial charge in [0.1, 0.15) is 11.3 Å². The summed E-state index contributed by atoms with van der Waals surface area (Å²) in [5.41, 5.74) is 1.73. The number of rotatable bonds is 5. The van der Waals surface area contributed by atoms with Crippen molar-refractivity contribution in [3.63, 3.8) is 0 Å². The number of fused-ring (bicyclic) bond motifs is 1. The smallest absolute Gasteiger partial charge is 0.408 e. The summed E-state index contributed by atoms with van der Waals surface area (Å²) < 4.78 is 39.0. The largest absolute Gasteiger partial charge is 0.419 e. The number of carbonyl (C=O) groups is 1. The number of anilines is 2. The summed E-state index contributed by atoms with van der Waals surface area (Å²) in [4.78, 5) is 23.7. The molecule has 0 unspecified atom stereocenters. The van der Waals surface area contributed by atoms with Gasteiger partial charge < -0.3 is 14.3 Å². The lowest BCUT2D eigenvalue weighted by Gasteiger charge is -2.09. The van der Waals surface area contributed by atoms with Crippen LogP contribution >= 0.6 is 0 Å². The number of nitrogens with zero attached hydrogens (tertiary/aromatic N) is 2. The van der Waals surface area contributed by atoms with Crippen molar-refractivity contribution in [3.05, 3.63) is 70.5 Å². The van der Waals surface area contributed by atoms with Crippen LogP contribution in [0.15, 0.2) is 67.3 Å². The van der Waals surface area contributed by atoms with Crippen molar-refractivity contribution in [1.29, 1.82) is 0 Å². The van der Waals surface area contributed by atoms with Crippen LogP contribution in [0.3, 0.4) is 0 Å². The van der Waals surface area contributed by atoms with E-state index in [1.807, 2.05) is 0 Å². The van der Waals surface area contributed by atoms with E-state index in [4.69, 9.17) is 8.94 Å². The molecule has 30 heavy (non-hydrogen) atoms. The number of sulfonamides is 1. The Morgan fingerprint density at radius 1 is 1.10 bits per heavy atom. The van der Waals surface area contributed by atoms with Crippen molar-refractivity contribution >= 4 is 38.4 Å². The highest BCUT2D eigenvalue weighted by Gasteiger charge is 2.18. The molecular weight excluding hydrogens is 412 g/mol. The number of hydrogen-bond donors (Lipinski definition) is 2. The molecule has 0 saturated heterocycles. The van der Waals surface area contributed by atoms with Crippen molar-refractivity contribution in [3.8, 4) is 0 Å². The molecule has 4 rings (SSSR count). The van der Waals surface area contributed by atoms with Gasteiger partial charge in [0, 0.05) is 24.5 Å². The molecule has 2 N–H and O–H groups in total. The Balaban J connectivity index is 1.51. The Hall–Kier alpha value is -3.86. The molecule has 0 radical (unpaired) electrons. The third-order valence-corrected chi connectivity index (χ3v) is 5.84. The Labute approximate surface area is 170 Å². The van der Waals surface area contributed by atoms with Crippen molar-refractivity contribution in [1.82, 2.24) is 9.72 Å². The predicted molar refractivity (Wildman–Crippen MR) is 108 cm³/mol. The third-order valence-electron chi connectivity index (χ3n) is 4.46. The molecule has 2 aromatic heterocycles. The van der Waals surface area contributed by atoms with Crippen LogP contribution in [0.5, 0.6) is 0 Å². The fourth-order valence-electron chi connectivity index (χ4n) is 2.83. The molecule has 0 atom stereocenters. The second-order valence-corrected chi connectivity index (χ2v) is 8.17. The zero-order valence-corrected chi connectivity index (χ0v) is 16.7. The second-order valence-electron chi connectivity index (χ2n) is 6.49. The monoisotopic (exact) mass is 428 g/mol. The molecule has 1 amide bonds. The average molecular weight is 428 g/mol. The summed E-state index contributed by atoms with van der Waals surface area (Å²) >= 11 is 0. The minimum absolute atomic E-state index is 0.0512. The first kappa shape index (κ1) is 19.5. The zero-order chi connectivity index (χ0) is 21.5. The number of oxazole rings is 1. The van der Waals surface area contributed by atoms with E-state index < -0.39 is 15.8 Å². The summed E-state index contributed by atoms with van der Waals surface area (Å²) in [5, 5.41) is 6.23. The topological polar surface area (TPSA) is 136 Å².